The summed E-state index contributed by atoms with van der Waals surface area (Å²) < 4.78 is 7.58. The van der Waals surface area contributed by atoms with Crippen molar-refractivity contribution >= 4 is 22.8 Å². The maximum absolute atomic E-state index is 11.0. The minimum atomic E-state index is -0.228. The molecule has 4 aromatic rings. The Morgan fingerprint density at radius 1 is 1.00 bits per heavy atom. The van der Waals surface area contributed by atoms with Crippen molar-refractivity contribution in [2.24, 2.45) is 0 Å². The quantitative estimate of drug-likeness (QED) is 0.194. The molecule has 4 rings (SSSR count). The van der Waals surface area contributed by atoms with Gasteiger partial charge in [0.25, 0.3) is 0 Å². The molecule has 0 atom stereocenters. The first-order valence-electron chi connectivity index (χ1n) is 10.7. The molecule has 0 aliphatic rings. The number of phenols is 1. The number of unbranched alkanes of at least 4 members (excludes halogenated alkanes) is 2. The Morgan fingerprint density at radius 2 is 1.81 bits per heavy atom. The van der Waals surface area contributed by atoms with Crippen LogP contribution >= 0.6 is 11.8 Å². The zero-order chi connectivity index (χ0) is 22.5. The van der Waals surface area contributed by atoms with Gasteiger partial charge in [0.15, 0.2) is 0 Å². The molecule has 0 aliphatic carbocycles. The molecule has 0 saturated carbocycles. The zero-order valence-corrected chi connectivity index (χ0v) is 21.5. The van der Waals surface area contributed by atoms with Crippen LogP contribution in [0.15, 0.2) is 64.4 Å². The first-order valence-corrected chi connectivity index (χ1v) is 14.1. The summed E-state index contributed by atoms with van der Waals surface area (Å²) in [6.07, 6.45) is 3.70. The molecule has 0 amide bonds. The summed E-state index contributed by atoms with van der Waals surface area (Å²) in [7, 11) is 1.67. The molecule has 0 radical (unpaired) electrons. The van der Waals surface area contributed by atoms with Crippen molar-refractivity contribution in [2.45, 2.75) is 42.9 Å². The van der Waals surface area contributed by atoms with Gasteiger partial charge in [0.1, 0.15) is 0 Å². The van der Waals surface area contributed by atoms with Gasteiger partial charge in [-0.2, -0.15) is 0 Å². The number of hydrogen-bond donors (Lipinski definition) is 1. The second kappa shape index (κ2) is 10.6. The van der Waals surface area contributed by atoms with Crippen LogP contribution < -0.4 is 25.9 Å². The van der Waals surface area contributed by atoms with Gasteiger partial charge in [-0.05, 0) is 6.07 Å². The molecule has 0 aliphatic heterocycles. The van der Waals surface area contributed by atoms with Gasteiger partial charge >= 0.3 is 186 Å². The van der Waals surface area contributed by atoms with E-state index in [2.05, 4.69) is 31.1 Å². The van der Waals surface area contributed by atoms with Crippen molar-refractivity contribution in [3.63, 3.8) is 0 Å². The van der Waals surface area contributed by atoms with Crippen molar-refractivity contribution in [1.82, 2.24) is 15.0 Å². The van der Waals surface area contributed by atoms with Gasteiger partial charge in [-0.15, -0.1) is 0 Å². The van der Waals surface area contributed by atoms with Gasteiger partial charge < -0.3 is 4.74 Å². The predicted molar refractivity (Wildman–Crippen MR) is 125 cm³/mol. The SMILES string of the molecule is CCCCC[I-]c1cc(C)cc(-n2nc3ccc(Sc4cccc(OC)c4)cc3n2)c1O. The van der Waals surface area contributed by atoms with Crippen LogP contribution in [0.4, 0.5) is 0 Å². The average molecular weight is 560 g/mol. The third kappa shape index (κ3) is 5.38. The number of phenolic OH excluding ortho intramolecular Hbond substituents is 1. The molecule has 1 heterocycles. The summed E-state index contributed by atoms with van der Waals surface area (Å²) in [4.78, 5) is 3.75. The van der Waals surface area contributed by atoms with Crippen molar-refractivity contribution in [3.05, 3.63) is 63.7 Å². The van der Waals surface area contributed by atoms with E-state index in [4.69, 9.17) is 9.84 Å². The van der Waals surface area contributed by atoms with Crippen LogP contribution in [0.2, 0.25) is 0 Å². The Morgan fingerprint density at radius 3 is 2.62 bits per heavy atom. The molecule has 168 valence electrons. The molecule has 1 N–H and O–H groups in total. The van der Waals surface area contributed by atoms with Crippen molar-refractivity contribution in [3.8, 4) is 17.2 Å². The van der Waals surface area contributed by atoms with Crippen molar-refractivity contribution in [2.75, 3.05) is 11.5 Å². The maximum atomic E-state index is 11.0. The Hall–Kier alpha value is -2.26. The number of benzene rings is 3. The summed E-state index contributed by atoms with van der Waals surface area (Å²) in [5.74, 6) is 1.16. The summed E-state index contributed by atoms with van der Waals surface area (Å²) >= 11 is 1.43. The monoisotopic (exact) mass is 560 g/mol. The number of methoxy groups -OCH3 is 1. The average Bonchev–Trinajstić information content (AvgIpc) is 3.22. The molecule has 32 heavy (non-hydrogen) atoms. The fraction of sp³-hybridized carbons (Fsp3) is 0.280. The molecule has 0 fully saturated rings. The van der Waals surface area contributed by atoms with E-state index in [-0.39, 0.29) is 21.2 Å². The van der Waals surface area contributed by atoms with Gasteiger partial charge in [-0.1, -0.05) is 0 Å². The predicted octanol–water partition coefficient (Wildman–Crippen LogP) is 3.04. The Bertz CT molecular complexity index is 1230. The van der Waals surface area contributed by atoms with E-state index >= 15 is 0 Å². The van der Waals surface area contributed by atoms with Gasteiger partial charge in [0.2, 0.25) is 0 Å². The topological polar surface area (TPSA) is 60.2 Å². The summed E-state index contributed by atoms with van der Waals surface area (Å²) in [5.41, 5.74) is 3.39. The number of hydrogen-bond acceptors (Lipinski definition) is 5. The van der Waals surface area contributed by atoms with E-state index in [0.29, 0.717) is 11.4 Å². The van der Waals surface area contributed by atoms with Crippen molar-refractivity contribution < 1.29 is 31.0 Å². The van der Waals surface area contributed by atoms with E-state index < -0.39 is 0 Å². The van der Waals surface area contributed by atoms with Gasteiger partial charge in [-0.25, -0.2) is 0 Å². The number of alkyl halides is 1. The number of fused-ring (bicyclic) bond motifs is 1. The Kier molecular flexibility index (Phi) is 7.57. The first-order chi connectivity index (χ1) is 15.6. The molecule has 0 spiro atoms. The zero-order valence-electron chi connectivity index (χ0n) is 18.5. The molecular formula is C25H27IN3O2S-. The number of nitrogens with zero attached hydrogens (tertiary/aromatic N) is 3. The van der Waals surface area contributed by atoms with E-state index in [1.807, 2.05) is 42.5 Å². The van der Waals surface area contributed by atoms with Crippen molar-refractivity contribution in [1.29, 1.82) is 0 Å². The van der Waals surface area contributed by atoms with Gasteiger partial charge in [0, 0.05) is 0 Å². The summed E-state index contributed by atoms with van der Waals surface area (Å²) in [5, 5.41) is 20.3. The van der Waals surface area contributed by atoms with Crippen LogP contribution in [0.3, 0.4) is 0 Å². The summed E-state index contributed by atoms with van der Waals surface area (Å²) in [6.45, 7) is 4.28. The molecule has 0 saturated heterocycles. The van der Waals surface area contributed by atoms with Crippen LogP contribution in [0.1, 0.15) is 31.7 Å². The van der Waals surface area contributed by atoms with Crippen LogP contribution in [-0.2, 0) is 0 Å². The van der Waals surface area contributed by atoms with Crippen LogP contribution in [0.25, 0.3) is 16.7 Å². The number of aromatic hydroxyl groups is 1. The second-order valence-corrected chi connectivity index (χ2v) is 11.7. The standard InChI is InChI=1S/C25H27IN3O2S/c1-4-5-6-12-26-21-13-17(2)14-24(25(21)30)29-27-22-11-10-20(16-23(22)28-29)32-19-9-7-8-18(15-19)31-3/h7-11,13-16,30H,4-6,12H2,1-3H3/q-1. The second-order valence-electron chi connectivity index (χ2n) is 7.57. The van der Waals surface area contributed by atoms with Gasteiger partial charge in [-0.3, -0.25) is 0 Å². The molecule has 5 nitrogen and oxygen atoms in total. The molecular weight excluding hydrogens is 533 g/mol. The van der Waals surface area contributed by atoms with Gasteiger partial charge in [0.05, 0.1) is 7.11 Å². The summed E-state index contributed by atoms with van der Waals surface area (Å²) in [6, 6.07) is 18.1. The van der Waals surface area contributed by atoms with Crippen LogP contribution in [-0.4, -0.2) is 31.6 Å². The molecule has 1 aromatic heterocycles. The Labute approximate surface area is 203 Å². The number of aryl methyl sites for hydroxylation is 1. The Balaban J connectivity index is 1.60. The third-order valence-corrected chi connectivity index (χ3v) is 8.93. The third-order valence-electron chi connectivity index (χ3n) is 5.01. The van der Waals surface area contributed by atoms with E-state index in [9.17, 15) is 5.11 Å². The fourth-order valence-electron chi connectivity index (χ4n) is 3.35. The normalized spacial score (nSPS) is 11.3. The fourth-order valence-corrected chi connectivity index (χ4v) is 7.10. The molecule has 0 unspecified atom stereocenters. The van der Waals surface area contributed by atoms with E-state index in [1.165, 1.54) is 23.7 Å². The molecule has 7 heteroatoms. The van der Waals surface area contributed by atoms with E-state index in [0.717, 1.165) is 35.7 Å². The minimum absolute atomic E-state index is 0.228. The first kappa shape index (κ1) is 22.9. The van der Waals surface area contributed by atoms with Crippen LogP contribution in [0, 0.1) is 10.5 Å². The number of aromatic nitrogens is 3. The van der Waals surface area contributed by atoms with Crippen LogP contribution in [0.5, 0.6) is 11.5 Å². The number of rotatable bonds is 9. The van der Waals surface area contributed by atoms with E-state index in [1.54, 1.807) is 23.7 Å². The molecule has 3 aromatic carbocycles. The number of ether oxygens (including phenoxy) is 1. The molecule has 0 bridgehead atoms. The number of halogens is 1.